The lowest BCUT2D eigenvalue weighted by atomic mass is 10.2. The van der Waals surface area contributed by atoms with Crippen LogP contribution in [0.15, 0.2) is 82.2 Å². The number of fused-ring (bicyclic) bond motifs is 3. The van der Waals surface area contributed by atoms with E-state index in [4.69, 9.17) is 9.15 Å². The van der Waals surface area contributed by atoms with Crippen LogP contribution in [-0.4, -0.2) is 15.4 Å². The summed E-state index contributed by atoms with van der Waals surface area (Å²) in [6, 6.07) is 18.0. The van der Waals surface area contributed by atoms with Crippen LogP contribution in [0.25, 0.3) is 28.1 Å². The molecule has 6 nitrogen and oxygen atoms in total. The van der Waals surface area contributed by atoms with Gasteiger partial charge in [-0.15, -0.1) is 0 Å². The van der Waals surface area contributed by atoms with Crippen molar-refractivity contribution in [3.63, 3.8) is 0 Å². The van der Waals surface area contributed by atoms with Gasteiger partial charge in [0.1, 0.15) is 11.5 Å². The first-order valence-corrected chi connectivity index (χ1v) is 9.94. The molecule has 3 aromatic heterocycles. The molecule has 30 heavy (non-hydrogen) atoms. The molecule has 0 aliphatic rings. The number of rotatable bonds is 4. The van der Waals surface area contributed by atoms with E-state index in [1.807, 2.05) is 24.3 Å². The van der Waals surface area contributed by atoms with E-state index in [1.54, 1.807) is 46.9 Å². The van der Waals surface area contributed by atoms with E-state index in [2.05, 4.69) is 4.98 Å². The van der Waals surface area contributed by atoms with Crippen LogP contribution in [0, 0.1) is 0 Å². The van der Waals surface area contributed by atoms with Crippen LogP contribution in [0.3, 0.4) is 0 Å². The average molecular weight is 414 g/mol. The number of nitrogens with zero attached hydrogens (tertiary/aromatic N) is 2. The third-order valence-corrected chi connectivity index (χ3v) is 5.44. The van der Waals surface area contributed by atoms with Gasteiger partial charge in [-0.3, -0.25) is 4.79 Å². The van der Waals surface area contributed by atoms with E-state index < -0.39 is 5.97 Å². The lowest BCUT2D eigenvalue weighted by Gasteiger charge is -2.01. The Morgan fingerprint density at radius 1 is 1.07 bits per heavy atom. The van der Waals surface area contributed by atoms with Gasteiger partial charge in [0.05, 0.1) is 21.8 Å². The number of aromatic nitrogens is 2. The van der Waals surface area contributed by atoms with Crippen molar-refractivity contribution in [3.8, 4) is 5.75 Å². The zero-order valence-electron chi connectivity index (χ0n) is 15.5. The molecule has 7 heteroatoms. The predicted octanol–water partition coefficient (Wildman–Crippen LogP) is 3.67. The van der Waals surface area contributed by atoms with Crippen molar-refractivity contribution in [2.45, 2.75) is 0 Å². The number of imidazole rings is 1. The molecule has 3 heterocycles. The van der Waals surface area contributed by atoms with Gasteiger partial charge in [0.15, 0.2) is 4.96 Å². The number of esters is 1. The van der Waals surface area contributed by atoms with Crippen LogP contribution in [0.5, 0.6) is 5.75 Å². The number of para-hydroxylation sites is 2. The van der Waals surface area contributed by atoms with Crippen LogP contribution in [0.2, 0.25) is 0 Å². The predicted molar refractivity (Wildman–Crippen MR) is 115 cm³/mol. The molecule has 0 saturated heterocycles. The van der Waals surface area contributed by atoms with E-state index in [1.165, 1.54) is 29.8 Å². The fourth-order valence-electron chi connectivity index (χ4n) is 3.08. The van der Waals surface area contributed by atoms with Gasteiger partial charge in [-0.25, -0.2) is 14.2 Å². The largest absolute Gasteiger partial charge is 0.465 e. The van der Waals surface area contributed by atoms with Crippen LogP contribution in [0.1, 0.15) is 11.3 Å². The molecule has 0 amide bonds. The van der Waals surface area contributed by atoms with Gasteiger partial charge in [-0.1, -0.05) is 35.6 Å². The van der Waals surface area contributed by atoms with Crippen molar-refractivity contribution in [3.05, 3.63) is 99.2 Å². The Morgan fingerprint density at radius 2 is 1.90 bits per heavy atom. The highest BCUT2D eigenvalue weighted by Crippen LogP contribution is 2.17. The highest BCUT2D eigenvalue weighted by molar-refractivity contribution is 7.15. The third kappa shape index (κ3) is 3.42. The highest BCUT2D eigenvalue weighted by Gasteiger charge is 2.10. The van der Waals surface area contributed by atoms with Crippen molar-refractivity contribution in [1.29, 1.82) is 0 Å². The Hall–Kier alpha value is -3.97. The molecule has 0 aliphatic heterocycles. The number of hydrogen-bond acceptors (Lipinski definition) is 6. The van der Waals surface area contributed by atoms with E-state index in [9.17, 15) is 9.59 Å². The summed E-state index contributed by atoms with van der Waals surface area (Å²) in [5.74, 6) is 0.479. The fraction of sp³-hybridized carbons (Fsp3) is 0. The van der Waals surface area contributed by atoms with Crippen LogP contribution in [0.4, 0.5) is 0 Å². The summed E-state index contributed by atoms with van der Waals surface area (Å²) < 4.78 is 12.6. The molecule has 0 saturated carbocycles. The number of furan rings is 1. The normalized spacial score (nSPS) is 12.3. The molecule has 5 aromatic rings. The lowest BCUT2D eigenvalue weighted by Crippen LogP contribution is -2.22. The Morgan fingerprint density at radius 3 is 2.70 bits per heavy atom. The van der Waals surface area contributed by atoms with Crippen LogP contribution < -0.4 is 14.8 Å². The minimum atomic E-state index is -0.503. The van der Waals surface area contributed by atoms with Crippen molar-refractivity contribution in [1.82, 2.24) is 9.38 Å². The van der Waals surface area contributed by atoms with Gasteiger partial charge >= 0.3 is 5.97 Å². The number of thiazole rings is 1. The van der Waals surface area contributed by atoms with Gasteiger partial charge in [0.2, 0.25) is 0 Å². The molecule has 146 valence electrons. The number of carbonyl (C=O) groups excluding carboxylic acids is 1. The summed E-state index contributed by atoms with van der Waals surface area (Å²) in [7, 11) is 0. The molecule has 0 unspecified atom stereocenters. The minimum absolute atomic E-state index is 0.0951. The Balaban J connectivity index is 1.38. The van der Waals surface area contributed by atoms with Crippen molar-refractivity contribution in [2.75, 3.05) is 0 Å². The maximum atomic E-state index is 12.8. The number of ether oxygens (including phenoxy) is 1. The molecule has 0 fully saturated rings. The second-order valence-corrected chi connectivity index (χ2v) is 7.48. The van der Waals surface area contributed by atoms with Crippen molar-refractivity contribution < 1.29 is 13.9 Å². The smallest absolute Gasteiger partial charge is 0.336 e. The number of carbonyl (C=O) groups is 1. The van der Waals surface area contributed by atoms with E-state index >= 15 is 0 Å². The van der Waals surface area contributed by atoms with E-state index in [0.29, 0.717) is 21.0 Å². The van der Waals surface area contributed by atoms with Crippen LogP contribution in [-0.2, 0) is 4.79 Å². The van der Waals surface area contributed by atoms with E-state index in [0.717, 1.165) is 16.6 Å². The molecule has 2 aromatic carbocycles. The van der Waals surface area contributed by atoms with Crippen molar-refractivity contribution >= 4 is 45.5 Å². The quantitative estimate of drug-likeness (QED) is 0.255. The average Bonchev–Trinajstić information content (AvgIpc) is 3.46. The maximum absolute atomic E-state index is 12.8. The Bertz CT molecular complexity index is 1490. The molecule has 0 bridgehead atoms. The standard InChI is InChI=1S/C23H14N2O4S/c26-21(12-11-16-4-3-13-28-16)29-17-9-7-15(8-10-17)14-20-22(27)25-19-6-2-1-5-18(19)24-23(25)30-20/h1-14H/b12-11+,20-14-. The second-order valence-electron chi connectivity index (χ2n) is 6.47. The summed E-state index contributed by atoms with van der Waals surface area (Å²) >= 11 is 1.34. The fourth-order valence-corrected chi connectivity index (χ4v) is 4.07. The molecule has 0 spiro atoms. The summed E-state index contributed by atoms with van der Waals surface area (Å²) in [5, 5.41) is 0. The molecular weight excluding hydrogens is 400 g/mol. The first-order chi connectivity index (χ1) is 14.7. The first-order valence-electron chi connectivity index (χ1n) is 9.12. The summed E-state index contributed by atoms with van der Waals surface area (Å²) in [4.78, 5) is 29.9. The molecule has 0 aliphatic carbocycles. The zero-order chi connectivity index (χ0) is 20.5. The Labute approximate surface area is 174 Å². The molecule has 0 atom stereocenters. The number of benzene rings is 2. The van der Waals surface area contributed by atoms with Gasteiger partial charge in [-0.05, 0) is 54.1 Å². The summed E-state index contributed by atoms with van der Waals surface area (Å²) in [5.41, 5.74) is 2.34. The third-order valence-electron chi connectivity index (χ3n) is 4.47. The van der Waals surface area contributed by atoms with Crippen LogP contribution >= 0.6 is 11.3 Å². The van der Waals surface area contributed by atoms with Gasteiger partial charge in [0, 0.05) is 6.08 Å². The van der Waals surface area contributed by atoms with Gasteiger partial charge in [-0.2, -0.15) is 0 Å². The first kappa shape index (κ1) is 18.1. The topological polar surface area (TPSA) is 73.8 Å². The SMILES string of the molecule is O=C(/C=C/c1ccco1)Oc1ccc(/C=c2\sc3nc4ccccc4n3c2=O)cc1. The second kappa shape index (κ2) is 7.46. The van der Waals surface area contributed by atoms with Gasteiger partial charge < -0.3 is 9.15 Å². The zero-order valence-corrected chi connectivity index (χ0v) is 16.3. The minimum Gasteiger partial charge on any atom is -0.465 e. The van der Waals surface area contributed by atoms with E-state index in [-0.39, 0.29) is 5.56 Å². The lowest BCUT2D eigenvalue weighted by molar-refractivity contribution is -0.128. The molecule has 0 N–H and O–H groups in total. The molecular formula is C23H14N2O4S. The number of hydrogen-bond donors (Lipinski definition) is 0. The summed E-state index contributed by atoms with van der Waals surface area (Å²) in [6.45, 7) is 0. The monoisotopic (exact) mass is 414 g/mol. The molecule has 0 radical (unpaired) electrons. The Kier molecular flexibility index (Phi) is 4.49. The van der Waals surface area contributed by atoms with Crippen molar-refractivity contribution in [2.24, 2.45) is 0 Å². The highest BCUT2D eigenvalue weighted by atomic mass is 32.1. The summed E-state index contributed by atoms with van der Waals surface area (Å²) in [6.07, 6.45) is 6.17. The molecule has 5 rings (SSSR count). The van der Waals surface area contributed by atoms with Gasteiger partial charge in [0.25, 0.3) is 5.56 Å². The maximum Gasteiger partial charge on any atom is 0.336 e.